The van der Waals surface area contributed by atoms with E-state index in [1.165, 1.54) is 11.8 Å². The maximum atomic E-state index is 12.2. The highest BCUT2D eigenvalue weighted by Gasteiger charge is 2.18. The van der Waals surface area contributed by atoms with E-state index in [9.17, 15) is 4.79 Å². The molecule has 0 aliphatic heterocycles. The lowest BCUT2D eigenvalue weighted by Gasteiger charge is -2.07. The van der Waals surface area contributed by atoms with Crippen LogP contribution < -0.4 is 0 Å². The zero-order chi connectivity index (χ0) is 13.8. The van der Waals surface area contributed by atoms with Crippen LogP contribution in [0.15, 0.2) is 35.5 Å². The summed E-state index contributed by atoms with van der Waals surface area (Å²) in [5.74, 6) is 1.25. The molecule has 0 bridgehead atoms. The third-order valence-electron chi connectivity index (χ3n) is 2.74. The molecule has 0 spiro atoms. The van der Waals surface area contributed by atoms with Gasteiger partial charge in [-0.1, -0.05) is 55.9 Å². The van der Waals surface area contributed by atoms with Crippen LogP contribution >= 0.6 is 11.8 Å². The molecule has 0 saturated carbocycles. The zero-order valence-electron chi connectivity index (χ0n) is 11.3. The van der Waals surface area contributed by atoms with Crippen LogP contribution in [0.5, 0.6) is 0 Å². The number of nitrogens with zero attached hydrogens (tertiary/aromatic N) is 2. The first-order valence-electron chi connectivity index (χ1n) is 6.26. The second kappa shape index (κ2) is 6.02. The van der Waals surface area contributed by atoms with Gasteiger partial charge in [-0.3, -0.25) is 9.89 Å². The standard InChI is InChI=1S/C14H17N3OS/c1-9(2)13-15-14(17-16-13)19-10(3)12(18)11-7-5-4-6-8-11/h4-10H,1-3H3,(H,15,16,17)/t10-/m0/s1. The summed E-state index contributed by atoms with van der Waals surface area (Å²) >= 11 is 1.38. The Bertz CT molecular complexity index is 551. The molecule has 0 aliphatic carbocycles. The first-order chi connectivity index (χ1) is 9.08. The van der Waals surface area contributed by atoms with Crippen LogP contribution in [0.2, 0.25) is 0 Å². The van der Waals surface area contributed by atoms with Gasteiger partial charge in [0.25, 0.3) is 0 Å². The molecule has 100 valence electrons. The summed E-state index contributed by atoms with van der Waals surface area (Å²) in [6, 6.07) is 9.30. The second-order valence-corrected chi connectivity index (χ2v) is 5.96. The smallest absolute Gasteiger partial charge is 0.209 e. The van der Waals surface area contributed by atoms with Gasteiger partial charge in [-0.05, 0) is 6.92 Å². The third kappa shape index (κ3) is 3.44. The molecule has 0 aliphatic rings. The SMILES string of the molecule is CC(C)c1nc(S[C@@H](C)C(=O)c2ccccc2)n[nH]1. The third-order valence-corrected chi connectivity index (χ3v) is 3.70. The van der Waals surface area contributed by atoms with E-state index in [0.29, 0.717) is 11.1 Å². The molecular weight excluding hydrogens is 258 g/mol. The van der Waals surface area contributed by atoms with Crippen molar-refractivity contribution < 1.29 is 4.79 Å². The Balaban J connectivity index is 2.04. The van der Waals surface area contributed by atoms with E-state index in [-0.39, 0.29) is 11.0 Å². The van der Waals surface area contributed by atoms with Crippen LogP contribution in [0.25, 0.3) is 0 Å². The monoisotopic (exact) mass is 275 g/mol. The van der Waals surface area contributed by atoms with Gasteiger partial charge in [-0.15, -0.1) is 5.10 Å². The lowest BCUT2D eigenvalue weighted by atomic mass is 10.1. The van der Waals surface area contributed by atoms with E-state index in [1.807, 2.05) is 51.1 Å². The lowest BCUT2D eigenvalue weighted by molar-refractivity contribution is 0.0994. The van der Waals surface area contributed by atoms with E-state index in [4.69, 9.17) is 0 Å². The number of aromatic nitrogens is 3. The largest absolute Gasteiger partial charge is 0.293 e. The van der Waals surface area contributed by atoms with Crippen LogP contribution in [-0.2, 0) is 0 Å². The van der Waals surface area contributed by atoms with Gasteiger partial charge in [0.15, 0.2) is 5.78 Å². The fourth-order valence-corrected chi connectivity index (χ4v) is 2.43. The number of rotatable bonds is 5. The Morgan fingerprint density at radius 3 is 2.47 bits per heavy atom. The molecule has 4 nitrogen and oxygen atoms in total. The van der Waals surface area contributed by atoms with E-state index < -0.39 is 0 Å². The Hall–Kier alpha value is -1.62. The quantitative estimate of drug-likeness (QED) is 0.672. The van der Waals surface area contributed by atoms with Crippen LogP contribution in [0.1, 0.15) is 42.9 Å². The molecule has 1 atom stereocenters. The van der Waals surface area contributed by atoms with Crippen molar-refractivity contribution in [2.75, 3.05) is 0 Å². The highest BCUT2D eigenvalue weighted by Crippen LogP contribution is 2.23. The van der Waals surface area contributed by atoms with E-state index in [0.717, 1.165) is 11.4 Å². The first kappa shape index (κ1) is 13.8. The maximum absolute atomic E-state index is 12.2. The predicted octanol–water partition coefficient (Wildman–Crippen LogP) is 3.29. The molecule has 0 radical (unpaired) electrons. The second-order valence-electron chi connectivity index (χ2n) is 4.65. The van der Waals surface area contributed by atoms with Gasteiger partial charge in [0.2, 0.25) is 5.16 Å². The van der Waals surface area contributed by atoms with Crippen LogP contribution in [-0.4, -0.2) is 26.2 Å². The molecule has 0 saturated heterocycles. The lowest BCUT2D eigenvalue weighted by Crippen LogP contribution is -2.13. The van der Waals surface area contributed by atoms with Gasteiger partial charge in [-0.2, -0.15) is 0 Å². The van der Waals surface area contributed by atoms with Crippen molar-refractivity contribution in [3.8, 4) is 0 Å². The minimum Gasteiger partial charge on any atom is -0.293 e. The minimum atomic E-state index is -0.196. The molecular formula is C14H17N3OS. The summed E-state index contributed by atoms with van der Waals surface area (Å²) in [6.07, 6.45) is 0. The van der Waals surface area contributed by atoms with Crippen molar-refractivity contribution in [1.82, 2.24) is 15.2 Å². The van der Waals surface area contributed by atoms with E-state index in [2.05, 4.69) is 15.2 Å². The molecule has 5 heteroatoms. The number of ketones is 1. The Labute approximate surface area is 117 Å². The molecule has 2 rings (SSSR count). The molecule has 1 aromatic heterocycles. The van der Waals surface area contributed by atoms with Crippen molar-refractivity contribution in [1.29, 1.82) is 0 Å². The van der Waals surface area contributed by atoms with E-state index in [1.54, 1.807) is 0 Å². The van der Waals surface area contributed by atoms with Crippen molar-refractivity contribution in [2.24, 2.45) is 0 Å². The molecule has 2 aromatic rings. The van der Waals surface area contributed by atoms with Gasteiger partial charge >= 0.3 is 0 Å². The summed E-state index contributed by atoms with van der Waals surface area (Å²) in [7, 11) is 0. The topological polar surface area (TPSA) is 58.6 Å². The first-order valence-corrected chi connectivity index (χ1v) is 7.14. The van der Waals surface area contributed by atoms with Crippen LogP contribution in [0, 0.1) is 0 Å². The number of hydrogen-bond donors (Lipinski definition) is 1. The Morgan fingerprint density at radius 1 is 1.21 bits per heavy atom. The van der Waals surface area contributed by atoms with Crippen LogP contribution in [0.3, 0.4) is 0 Å². The zero-order valence-corrected chi connectivity index (χ0v) is 12.1. The fraction of sp³-hybridized carbons (Fsp3) is 0.357. The highest BCUT2D eigenvalue weighted by molar-refractivity contribution is 8.00. The van der Waals surface area contributed by atoms with Crippen molar-refractivity contribution in [3.05, 3.63) is 41.7 Å². The highest BCUT2D eigenvalue weighted by atomic mass is 32.2. The van der Waals surface area contributed by atoms with Gasteiger partial charge in [0, 0.05) is 11.5 Å². The number of carbonyl (C=O) groups is 1. The predicted molar refractivity (Wildman–Crippen MR) is 76.6 cm³/mol. The molecule has 19 heavy (non-hydrogen) atoms. The number of nitrogens with one attached hydrogen (secondary N) is 1. The van der Waals surface area contributed by atoms with Gasteiger partial charge in [0.05, 0.1) is 5.25 Å². The number of carbonyl (C=O) groups excluding carboxylic acids is 1. The molecule has 0 fully saturated rings. The number of aromatic amines is 1. The molecule has 1 heterocycles. The van der Waals surface area contributed by atoms with Crippen molar-refractivity contribution in [2.45, 2.75) is 37.1 Å². The summed E-state index contributed by atoms with van der Waals surface area (Å²) in [5.41, 5.74) is 0.724. The number of benzene rings is 1. The fourth-order valence-electron chi connectivity index (χ4n) is 1.62. The average molecular weight is 275 g/mol. The molecule has 1 aromatic carbocycles. The Kier molecular flexibility index (Phi) is 4.37. The summed E-state index contributed by atoms with van der Waals surface area (Å²) < 4.78 is 0. The van der Waals surface area contributed by atoms with Gasteiger partial charge in [-0.25, -0.2) is 4.98 Å². The number of hydrogen-bond acceptors (Lipinski definition) is 4. The molecule has 0 amide bonds. The van der Waals surface area contributed by atoms with Gasteiger partial charge < -0.3 is 0 Å². The van der Waals surface area contributed by atoms with Crippen LogP contribution in [0.4, 0.5) is 0 Å². The summed E-state index contributed by atoms with van der Waals surface area (Å²) in [4.78, 5) is 16.6. The minimum absolute atomic E-state index is 0.0986. The van der Waals surface area contributed by atoms with Gasteiger partial charge in [0.1, 0.15) is 5.82 Å². The normalized spacial score (nSPS) is 12.6. The Morgan fingerprint density at radius 2 is 1.89 bits per heavy atom. The number of Topliss-reactive ketones (excluding diaryl/α,β-unsaturated/α-hetero) is 1. The van der Waals surface area contributed by atoms with Crippen molar-refractivity contribution in [3.63, 3.8) is 0 Å². The number of H-pyrrole nitrogens is 1. The maximum Gasteiger partial charge on any atom is 0.209 e. The number of thioether (sulfide) groups is 1. The summed E-state index contributed by atoms with van der Waals surface area (Å²) in [5, 5.41) is 7.45. The average Bonchev–Trinajstić information content (AvgIpc) is 2.87. The van der Waals surface area contributed by atoms with Crippen molar-refractivity contribution >= 4 is 17.5 Å². The summed E-state index contributed by atoms with van der Waals surface area (Å²) in [6.45, 7) is 5.98. The molecule has 1 N–H and O–H groups in total. The van der Waals surface area contributed by atoms with E-state index >= 15 is 0 Å². The molecule has 0 unspecified atom stereocenters.